The van der Waals surface area contributed by atoms with Crippen LogP contribution >= 0.6 is 0 Å². The van der Waals surface area contributed by atoms with Gasteiger partial charge in [-0.3, -0.25) is 77.1 Å². The maximum atomic E-state index is 15.0. The number of guanidine groups is 2. The number of carbonyl (C=O) groups excluding carboxylic acids is 14. The minimum atomic E-state index is -1.40. The molecule has 0 heterocycles. The normalized spacial score (nSPS) is 15.0. The summed E-state index contributed by atoms with van der Waals surface area (Å²) in [5.74, 6) is -14.1. The Balaban J connectivity index is 7.59. The average Bonchev–Trinajstić information content (AvgIpc) is 0.854. The van der Waals surface area contributed by atoms with Crippen molar-refractivity contribution in [3.63, 3.8) is 0 Å². The molecule has 0 aromatic heterocycles. The number of unbranched alkanes of at least 4 members (excludes halogenated alkanes) is 4. The van der Waals surface area contributed by atoms with Gasteiger partial charge in [-0.1, -0.05) is 131 Å². The molecule has 0 unspecified atom stereocenters. The Hall–Kier alpha value is -9.61. The summed E-state index contributed by atoms with van der Waals surface area (Å²) in [6.07, 6.45) is 4.85. The van der Waals surface area contributed by atoms with Crippen LogP contribution in [-0.2, 0) is 71.9 Å². The second-order valence-corrected chi connectivity index (χ2v) is 38.5. The van der Waals surface area contributed by atoms with E-state index < -0.39 is 179 Å². The van der Waals surface area contributed by atoms with Gasteiger partial charge < -0.3 is 131 Å². The Morgan fingerprint density at radius 3 is 0.527 bits per heavy atom. The standard InChI is InChI=1S/C90H173N25O16/c1-50(2)41-65(107-74(116)59(95)29-19-23-35-91)83(125)111-67(43-52(5)6)80(122)104-62(33-27-39-100-89(96)97)77(119)109-71(47-56(13)14)85(127)112-66(42-51(3)4)79(121)103-60(30-20-24-36-92)75(117)102-61(31-21-25-37-93)76(118)108-70(46-55(11)12)84(126)113-68(44-53(7)8)81(123)105-63(34-28-40-101-90(98)99)78(120)110-72(48-57(15)16)86(128)115-73(49-58(17)18)87(129)114-69(45-54(9)10)82(124)106-64(88(130)131)32-22-26-38-94/h50-73H,19-49,91-95H2,1-18H3,(H,102,117)(H,103,121)(H,104,122)(H,105,123)(H,106,124)(H,107,116)(H,108,118)(H,109,119)(H,110,120)(H,111,125)(H,112,127)(H,113,126)(H,114,129)(H,115,128)(H,130,131)(H4,96,97,100)(H4,98,99,101)/t59-,60+,61+,62-,63-,64-,65-,66-,67+,68+,69-,70-,71-,72-,73+/m0/s1. The smallest absolute Gasteiger partial charge is 0.326 e. The second-order valence-electron chi connectivity index (χ2n) is 38.5. The van der Waals surface area contributed by atoms with E-state index in [1.165, 1.54) is 0 Å². The summed E-state index contributed by atoms with van der Waals surface area (Å²) in [5, 5.41) is 48.9. The molecule has 41 nitrogen and oxygen atoms in total. The Labute approximate surface area is 778 Å². The van der Waals surface area contributed by atoms with Crippen LogP contribution in [0.2, 0.25) is 0 Å². The molecular weight excluding hydrogens is 1690 g/mol. The number of carboxylic acids is 1. The fraction of sp³-hybridized carbons (Fsp3) is 0.811. The van der Waals surface area contributed by atoms with Gasteiger partial charge in [-0.15, -0.1) is 0 Å². The van der Waals surface area contributed by atoms with Gasteiger partial charge in [0.25, 0.3) is 0 Å². The molecule has 0 fully saturated rings. The molecule has 0 spiro atoms. The van der Waals surface area contributed by atoms with Crippen LogP contribution in [0, 0.1) is 53.3 Å². The summed E-state index contributed by atoms with van der Waals surface area (Å²) in [5.41, 5.74) is 52.0. The summed E-state index contributed by atoms with van der Waals surface area (Å²) in [6, 6.07) is -19.0. The predicted octanol–water partition coefficient (Wildman–Crippen LogP) is 0.224. The number of aliphatic imine (C=N–C) groups is 2. The van der Waals surface area contributed by atoms with E-state index in [-0.39, 0.29) is 194 Å². The quantitative estimate of drug-likeness (QED) is 0.0220. The van der Waals surface area contributed by atoms with Crippen LogP contribution < -0.4 is 126 Å². The van der Waals surface area contributed by atoms with Gasteiger partial charge in [-0.05, 0) is 234 Å². The number of nitrogens with two attached hydrogens (primary N) is 9. The molecule has 131 heavy (non-hydrogen) atoms. The highest BCUT2D eigenvalue weighted by Gasteiger charge is 2.40. The minimum absolute atomic E-state index is 0.00216. The van der Waals surface area contributed by atoms with E-state index in [1.807, 2.05) is 96.9 Å². The van der Waals surface area contributed by atoms with Crippen molar-refractivity contribution in [1.29, 1.82) is 0 Å². The summed E-state index contributed by atoms with van der Waals surface area (Å²) in [6.45, 7) is 34.0. The molecule has 0 saturated carbocycles. The summed E-state index contributed by atoms with van der Waals surface area (Å²) < 4.78 is 0. The van der Waals surface area contributed by atoms with Crippen molar-refractivity contribution in [3.8, 4) is 0 Å². The van der Waals surface area contributed by atoms with Gasteiger partial charge in [-0.2, -0.15) is 0 Å². The lowest BCUT2D eigenvalue weighted by molar-refractivity contribution is -0.142. The number of nitrogens with zero attached hydrogens (tertiary/aromatic N) is 2. The van der Waals surface area contributed by atoms with E-state index in [0.717, 1.165) is 0 Å². The lowest BCUT2D eigenvalue weighted by Gasteiger charge is -2.30. The number of carbonyl (C=O) groups is 15. The third-order valence-electron chi connectivity index (χ3n) is 21.2. The highest BCUT2D eigenvalue weighted by atomic mass is 16.4. The molecule has 0 aromatic rings. The van der Waals surface area contributed by atoms with E-state index in [9.17, 15) is 77.0 Å². The maximum Gasteiger partial charge on any atom is 0.326 e. The summed E-state index contributed by atoms with van der Waals surface area (Å²) >= 11 is 0. The fourth-order valence-corrected chi connectivity index (χ4v) is 14.6. The first-order valence-electron chi connectivity index (χ1n) is 47.5. The first-order chi connectivity index (χ1) is 61.4. The topological polar surface area (TPSA) is 704 Å². The van der Waals surface area contributed by atoms with E-state index in [0.29, 0.717) is 70.9 Å². The van der Waals surface area contributed by atoms with Gasteiger partial charge in [0.05, 0.1) is 6.04 Å². The van der Waals surface area contributed by atoms with Crippen molar-refractivity contribution < 1.29 is 77.0 Å². The first kappa shape index (κ1) is 121. The van der Waals surface area contributed by atoms with Crippen molar-refractivity contribution in [3.05, 3.63) is 0 Å². The highest BCUT2D eigenvalue weighted by molar-refractivity contribution is 6.00. The molecule has 0 aliphatic heterocycles. The zero-order valence-electron chi connectivity index (χ0n) is 81.9. The van der Waals surface area contributed by atoms with Gasteiger partial charge in [0.2, 0.25) is 82.7 Å². The van der Waals surface area contributed by atoms with Crippen molar-refractivity contribution in [2.45, 2.75) is 376 Å². The molecule has 33 N–H and O–H groups in total. The summed E-state index contributed by atoms with van der Waals surface area (Å²) in [4.78, 5) is 224. The van der Waals surface area contributed by atoms with E-state index >= 15 is 0 Å². The molecule has 14 amide bonds. The molecule has 41 heteroatoms. The Bertz CT molecular complexity index is 3530. The lowest BCUT2D eigenvalue weighted by atomic mass is 9.98. The van der Waals surface area contributed by atoms with Gasteiger partial charge >= 0.3 is 5.97 Å². The predicted molar refractivity (Wildman–Crippen MR) is 509 cm³/mol. The van der Waals surface area contributed by atoms with Crippen LogP contribution in [0.5, 0.6) is 0 Å². The number of hydrogen-bond acceptors (Lipinski definition) is 22. The van der Waals surface area contributed by atoms with Gasteiger partial charge in [0, 0.05) is 13.1 Å². The molecule has 0 aliphatic carbocycles. The van der Waals surface area contributed by atoms with E-state index in [2.05, 4.69) is 84.4 Å². The van der Waals surface area contributed by atoms with E-state index in [4.69, 9.17) is 51.6 Å². The van der Waals surface area contributed by atoms with Gasteiger partial charge in [-0.25, -0.2) is 4.79 Å². The number of nitrogens with one attached hydrogen (secondary N) is 14. The second kappa shape index (κ2) is 66.7. The molecular formula is C90H173N25O16. The molecule has 0 saturated heterocycles. The zero-order chi connectivity index (χ0) is 99.9. The number of aliphatic carboxylic acids is 1. The van der Waals surface area contributed by atoms with Crippen LogP contribution in [0.1, 0.15) is 285 Å². The van der Waals surface area contributed by atoms with Crippen LogP contribution in [0.15, 0.2) is 9.98 Å². The maximum absolute atomic E-state index is 15.0. The minimum Gasteiger partial charge on any atom is -0.480 e. The van der Waals surface area contributed by atoms with Gasteiger partial charge in [0.15, 0.2) is 11.9 Å². The number of rotatable bonds is 71. The molecule has 0 aromatic carbocycles. The third-order valence-corrected chi connectivity index (χ3v) is 21.2. The van der Waals surface area contributed by atoms with Crippen molar-refractivity contribution >= 4 is 101 Å². The Kier molecular flexibility index (Phi) is 61.8. The Morgan fingerprint density at radius 1 is 0.214 bits per heavy atom. The first-order valence-corrected chi connectivity index (χ1v) is 47.5. The largest absolute Gasteiger partial charge is 0.480 e. The van der Waals surface area contributed by atoms with Crippen LogP contribution in [0.25, 0.3) is 0 Å². The SMILES string of the molecule is CC(C)C[C@H](NC(=O)[C@H](CCCN=C(N)N)NC(=O)[C@@H](CC(C)C)NC(=O)[C@H](CC(C)C)NC(=O)[C@@H](N)CCCCN)C(=O)N[C@@H](CC(C)C)C(=O)N[C@H](CCCCN)C(=O)N[C@H](CCCCN)C(=O)N[C@@H](CC(C)C)C(=O)N[C@H](CC(C)C)C(=O)N[C@@H](CCCN=C(N)N)C(=O)N[C@@H](CC(C)C)C(=O)N[C@H](CC(C)C)C(=O)N[C@@H](CC(C)C)C(=O)N[C@@H](CCCCN)C(=O)O. The monoisotopic (exact) mass is 1860 g/mol. The van der Waals surface area contributed by atoms with Crippen LogP contribution in [-0.4, -0.2) is 236 Å². The van der Waals surface area contributed by atoms with Crippen molar-refractivity contribution in [2.75, 3.05) is 39.3 Å². The lowest BCUT2D eigenvalue weighted by Crippen LogP contribution is -2.61. The van der Waals surface area contributed by atoms with E-state index in [1.54, 1.807) is 27.7 Å². The Morgan fingerprint density at radius 2 is 0.359 bits per heavy atom. The third kappa shape index (κ3) is 54.2. The zero-order valence-corrected chi connectivity index (χ0v) is 81.9. The molecule has 0 rings (SSSR count). The molecule has 0 radical (unpaired) electrons. The fourth-order valence-electron chi connectivity index (χ4n) is 14.6. The molecule has 0 bridgehead atoms. The molecule has 0 aliphatic rings. The number of amides is 14. The van der Waals surface area contributed by atoms with Crippen molar-refractivity contribution in [1.82, 2.24) is 74.4 Å². The van der Waals surface area contributed by atoms with Crippen molar-refractivity contribution in [2.24, 2.45) is 115 Å². The van der Waals surface area contributed by atoms with Crippen LogP contribution in [0.3, 0.4) is 0 Å². The average molecular weight is 1860 g/mol. The molecule has 15 atom stereocenters. The molecule has 754 valence electrons. The summed E-state index contributed by atoms with van der Waals surface area (Å²) in [7, 11) is 0. The van der Waals surface area contributed by atoms with Crippen LogP contribution in [0.4, 0.5) is 0 Å². The van der Waals surface area contributed by atoms with Gasteiger partial charge in [0.1, 0.15) is 84.6 Å². The highest BCUT2D eigenvalue weighted by Crippen LogP contribution is 2.20. The number of hydrogen-bond donors (Lipinski definition) is 24. The number of carboxylic acid groups (broad SMARTS) is 1.